The normalized spacial score (nSPS) is 19.1. The Balaban J connectivity index is 1.45. The zero-order chi connectivity index (χ0) is 19.1. The van der Waals surface area contributed by atoms with Crippen LogP contribution in [-0.4, -0.2) is 23.9 Å². The SMILES string of the molecule is COc1cccc(NC(=O)C2CCC(C(=O)NCc3ccccn3)CC2)c1. The molecule has 0 spiro atoms. The Kier molecular flexibility index (Phi) is 6.41. The number of aromatic nitrogens is 1. The van der Waals surface area contributed by atoms with E-state index in [-0.39, 0.29) is 23.7 Å². The molecule has 6 nitrogen and oxygen atoms in total. The molecule has 3 rings (SSSR count). The molecule has 2 amide bonds. The molecule has 0 unspecified atom stereocenters. The maximum Gasteiger partial charge on any atom is 0.227 e. The first kappa shape index (κ1) is 18.9. The number of carbonyl (C=O) groups excluding carboxylic acids is 2. The van der Waals surface area contributed by atoms with Gasteiger partial charge >= 0.3 is 0 Å². The van der Waals surface area contributed by atoms with E-state index in [2.05, 4.69) is 15.6 Å². The minimum atomic E-state index is -0.0592. The molecule has 1 aromatic heterocycles. The third kappa shape index (κ3) is 5.29. The van der Waals surface area contributed by atoms with Crippen molar-refractivity contribution in [3.8, 4) is 5.75 Å². The van der Waals surface area contributed by atoms with Crippen LogP contribution in [0.3, 0.4) is 0 Å². The number of hydrogen-bond acceptors (Lipinski definition) is 4. The van der Waals surface area contributed by atoms with E-state index < -0.39 is 0 Å². The summed E-state index contributed by atoms with van der Waals surface area (Å²) in [6, 6.07) is 13.0. The number of rotatable bonds is 6. The summed E-state index contributed by atoms with van der Waals surface area (Å²) in [7, 11) is 1.60. The third-order valence-electron chi connectivity index (χ3n) is 4.98. The minimum Gasteiger partial charge on any atom is -0.497 e. The van der Waals surface area contributed by atoms with Crippen molar-refractivity contribution in [2.24, 2.45) is 11.8 Å². The average Bonchev–Trinajstić information content (AvgIpc) is 2.73. The van der Waals surface area contributed by atoms with Crippen LogP contribution in [-0.2, 0) is 16.1 Å². The van der Waals surface area contributed by atoms with Crippen LogP contribution in [0.4, 0.5) is 5.69 Å². The fraction of sp³-hybridized carbons (Fsp3) is 0.381. The molecule has 1 aromatic carbocycles. The number of hydrogen-bond donors (Lipinski definition) is 2. The smallest absolute Gasteiger partial charge is 0.227 e. The monoisotopic (exact) mass is 367 g/mol. The number of carbonyl (C=O) groups is 2. The number of anilines is 1. The van der Waals surface area contributed by atoms with E-state index in [1.165, 1.54) is 0 Å². The van der Waals surface area contributed by atoms with Crippen LogP contribution >= 0.6 is 0 Å². The fourth-order valence-corrected chi connectivity index (χ4v) is 3.39. The fourth-order valence-electron chi connectivity index (χ4n) is 3.39. The summed E-state index contributed by atoms with van der Waals surface area (Å²) in [5.74, 6) is 0.676. The van der Waals surface area contributed by atoms with E-state index in [1.807, 2.05) is 36.4 Å². The van der Waals surface area contributed by atoms with Crippen molar-refractivity contribution in [1.29, 1.82) is 0 Å². The number of ether oxygens (including phenoxy) is 1. The largest absolute Gasteiger partial charge is 0.497 e. The Morgan fingerprint density at radius 3 is 2.44 bits per heavy atom. The zero-order valence-corrected chi connectivity index (χ0v) is 15.5. The van der Waals surface area contributed by atoms with Gasteiger partial charge in [-0.3, -0.25) is 14.6 Å². The Labute approximate surface area is 159 Å². The first-order valence-corrected chi connectivity index (χ1v) is 9.28. The summed E-state index contributed by atoms with van der Waals surface area (Å²) in [4.78, 5) is 29.1. The van der Waals surface area contributed by atoms with Gasteiger partial charge in [0.1, 0.15) is 5.75 Å². The highest BCUT2D eigenvalue weighted by molar-refractivity contribution is 5.93. The van der Waals surface area contributed by atoms with Crippen LogP contribution in [0.25, 0.3) is 0 Å². The second-order valence-corrected chi connectivity index (χ2v) is 6.81. The standard InChI is InChI=1S/C21H25N3O3/c1-27-19-7-4-6-17(13-19)24-21(26)16-10-8-15(9-11-16)20(25)23-14-18-5-2-3-12-22-18/h2-7,12-13,15-16H,8-11,14H2,1H3,(H,23,25)(H,24,26). The van der Waals surface area contributed by atoms with Gasteiger partial charge < -0.3 is 15.4 Å². The van der Waals surface area contributed by atoms with Gasteiger partial charge in [0.25, 0.3) is 0 Å². The molecule has 0 saturated heterocycles. The average molecular weight is 367 g/mol. The number of nitrogens with one attached hydrogen (secondary N) is 2. The summed E-state index contributed by atoms with van der Waals surface area (Å²) >= 11 is 0. The summed E-state index contributed by atoms with van der Waals surface area (Å²) < 4.78 is 5.18. The third-order valence-corrected chi connectivity index (χ3v) is 4.98. The summed E-state index contributed by atoms with van der Waals surface area (Å²) in [6.07, 6.45) is 4.61. The molecule has 2 N–H and O–H groups in total. The second-order valence-electron chi connectivity index (χ2n) is 6.81. The van der Waals surface area contributed by atoms with E-state index in [0.29, 0.717) is 12.3 Å². The van der Waals surface area contributed by atoms with Crippen molar-refractivity contribution >= 4 is 17.5 Å². The van der Waals surface area contributed by atoms with Crippen LogP contribution in [0.1, 0.15) is 31.4 Å². The molecule has 6 heteroatoms. The Morgan fingerprint density at radius 2 is 1.78 bits per heavy atom. The quantitative estimate of drug-likeness (QED) is 0.822. The lowest BCUT2D eigenvalue weighted by atomic mass is 9.81. The van der Waals surface area contributed by atoms with E-state index in [4.69, 9.17) is 4.74 Å². The minimum absolute atomic E-state index is 0.00981. The highest BCUT2D eigenvalue weighted by atomic mass is 16.5. The predicted octanol–water partition coefficient (Wildman–Crippen LogP) is 3.15. The van der Waals surface area contributed by atoms with Gasteiger partial charge in [0.05, 0.1) is 19.3 Å². The predicted molar refractivity (Wildman–Crippen MR) is 103 cm³/mol. The van der Waals surface area contributed by atoms with Crippen molar-refractivity contribution < 1.29 is 14.3 Å². The molecular formula is C21H25N3O3. The van der Waals surface area contributed by atoms with Gasteiger partial charge in [0.2, 0.25) is 11.8 Å². The van der Waals surface area contributed by atoms with Gasteiger partial charge in [-0.15, -0.1) is 0 Å². The molecule has 1 aliphatic carbocycles. The molecule has 0 bridgehead atoms. The molecule has 1 heterocycles. The van der Waals surface area contributed by atoms with Gasteiger partial charge in [-0.25, -0.2) is 0 Å². The number of nitrogens with zero attached hydrogens (tertiary/aromatic N) is 1. The molecule has 0 atom stereocenters. The maximum atomic E-state index is 12.5. The lowest BCUT2D eigenvalue weighted by molar-refractivity contribution is -0.128. The molecule has 1 saturated carbocycles. The Morgan fingerprint density at radius 1 is 1.04 bits per heavy atom. The molecule has 142 valence electrons. The molecule has 2 aromatic rings. The lowest BCUT2D eigenvalue weighted by Crippen LogP contribution is -2.35. The van der Waals surface area contributed by atoms with E-state index >= 15 is 0 Å². The molecule has 1 aliphatic rings. The zero-order valence-electron chi connectivity index (χ0n) is 15.5. The molecule has 1 fully saturated rings. The lowest BCUT2D eigenvalue weighted by Gasteiger charge is -2.27. The van der Waals surface area contributed by atoms with Crippen molar-refractivity contribution in [2.45, 2.75) is 32.2 Å². The van der Waals surface area contributed by atoms with Crippen molar-refractivity contribution in [3.05, 3.63) is 54.4 Å². The van der Waals surface area contributed by atoms with Gasteiger partial charge in [-0.2, -0.15) is 0 Å². The Bertz CT molecular complexity index is 771. The summed E-state index contributed by atoms with van der Waals surface area (Å²) in [5, 5.41) is 5.90. The molecule has 27 heavy (non-hydrogen) atoms. The van der Waals surface area contributed by atoms with Crippen LogP contribution in [0, 0.1) is 11.8 Å². The molecule has 0 aliphatic heterocycles. The van der Waals surface area contributed by atoms with Gasteiger partial charge in [-0.05, 0) is 49.9 Å². The maximum absolute atomic E-state index is 12.5. The number of amides is 2. The van der Waals surface area contributed by atoms with Crippen LogP contribution in [0.5, 0.6) is 5.75 Å². The van der Waals surface area contributed by atoms with Crippen LogP contribution in [0.15, 0.2) is 48.7 Å². The van der Waals surface area contributed by atoms with Gasteiger partial charge in [-0.1, -0.05) is 12.1 Å². The topological polar surface area (TPSA) is 80.3 Å². The summed E-state index contributed by atoms with van der Waals surface area (Å²) in [5.41, 5.74) is 1.58. The van der Waals surface area contributed by atoms with Crippen molar-refractivity contribution in [3.63, 3.8) is 0 Å². The van der Waals surface area contributed by atoms with E-state index in [9.17, 15) is 9.59 Å². The van der Waals surface area contributed by atoms with E-state index in [0.717, 1.165) is 37.1 Å². The first-order chi connectivity index (χ1) is 13.2. The second kappa shape index (κ2) is 9.16. The van der Waals surface area contributed by atoms with Gasteiger partial charge in [0.15, 0.2) is 0 Å². The van der Waals surface area contributed by atoms with Crippen molar-refractivity contribution in [1.82, 2.24) is 10.3 Å². The summed E-state index contributed by atoms with van der Waals surface area (Å²) in [6.45, 7) is 0.440. The number of methoxy groups -OCH3 is 1. The number of benzene rings is 1. The molecule has 0 radical (unpaired) electrons. The first-order valence-electron chi connectivity index (χ1n) is 9.28. The van der Waals surface area contributed by atoms with Crippen LogP contribution in [0.2, 0.25) is 0 Å². The van der Waals surface area contributed by atoms with E-state index in [1.54, 1.807) is 19.4 Å². The highest BCUT2D eigenvalue weighted by Crippen LogP contribution is 2.30. The van der Waals surface area contributed by atoms with Gasteiger partial charge in [0, 0.05) is 29.8 Å². The Hall–Kier alpha value is -2.89. The molecular weight excluding hydrogens is 342 g/mol. The van der Waals surface area contributed by atoms with Crippen molar-refractivity contribution in [2.75, 3.05) is 12.4 Å². The number of pyridine rings is 1. The highest BCUT2D eigenvalue weighted by Gasteiger charge is 2.29. The van der Waals surface area contributed by atoms with Crippen LogP contribution < -0.4 is 15.4 Å².